The number of carbonyl (C=O) groups is 1. The van der Waals surface area contributed by atoms with Crippen LogP contribution in [0.25, 0.3) is 27.9 Å². The molecule has 0 aliphatic carbocycles. The number of hydrogen-bond donors (Lipinski definition) is 2. The number of rotatable bonds is 2. The minimum absolute atomic E-state index is 0.225. The summed E-state index contributed by atoms with van der Waals surface area (Å²) < 4.78 is 13.2. The van der Waals surface area contributed by atoms with Gasteiger partial charge < -0.3 is 11.1 Å². The Hall–Kier alpha value is -3.33. The van der Waals surface area contributed by atoms with Crippen molar-refractivity contribution in [3.63, 3.8) is 0 Å². The fourth-order valence-electron chi connectivity index (χ4n) is 3.42. The average Bonchev–Trinajstić information content (AvgIpc) is 3.10. The van der Waals surface area contributed by atoms with E-state index in [0.717, 1.165) is 47.2 Å². The average molecular weight is 437 g/mol. The fraction of sp³-hybridized carbons (Fsp3) is 0.273. The number of nitrogen functional groups attached to an aromatic ring is 1. The lowest BCUT2D eigenvalue weighted by Crippen LogP contribution is -2.21. The zero-order valence-electron chi connectivity index (χ0n) is 17.2. The monoisotopic (exact) mass is 436 g/mol. The Morgan fingerprint density at radius 2 is 1.90 bits per heavy atom. The topological polar surface area (TPSA) is 115 Å². The van der Waals surface area contributed by atoms with E-state index in [0.29, 0.717) is 11.5 Å². The quantitative estimate of drug-likeness (QED) is 0.499. The molecule has 3 heterocycles. The van der Waals surface area contributed by atoms with Crippen molar-refractivity contribution in [3.05, 3.63) is 48.5 Å². The number of benzene rings is 2. The predicted octanol–water partition coefficient (Wildman–Crippen LogP) is 2.94. The SMILES string of the molecule is CS(=O)c1cccc(-c2nc3c4ccccc4nc(N)n3n2)c1.O=C1CCCCCN1. The van der Waals surface area contributed by atoms with Crippen LogP contribution in [0.2, 0.25) is 0 Å². The molecular weight excluding hydrogens is 412 g/mol. The highest BCUT2D eigenvalue weighted by Crippen LogP contribution is 2.24. The molecule has 0 radical (unpaired) electrons. The zero-order chi connectivity index (χ0) is 21.8. The molecule has 1 fully saturated rings. The Morgan fingerprint density at radius 3 is 2.74 bits per heavy atom. The maximum atomic E-state index is 11.7. The van der Waals surface area contributed by atoms with E-state index < -0.39 is 10.8 Å². The minimum atomic E-state index is -1.06. The van der Waals surface area contributed by atoms with Gasteiger partial charge in [-0.1, -0.05) is 30.7 Å². The molecule has 160 valence electrons. The standard InChI is InChI=1S/C16H13N5OS.C6H11NO/c1-23(22)11-6-4-5-10(9-11)14-19-15-12-7-2-3-8-13(12)18-16(17)21(15)20-14;8-6-4-2-1-3-5-7-6/h2-9H,1H3,(H2,17,18);1-5H2,(H,7,8). The van der Waals surface area contributed by atoms with E-state index >= 15 is 0 Å². The third-order valence-electron chi connectivity index (χ3n) is 5.03. The number of nitrogens with one attached hydrogen (secondary N) is 1. The molecule has 1 atom stereocenters. The number of fused-ring (bicyclic) bond motifs is 3. The van der Waals surface area contributed by atoms with Crippen LogP contribution in [0.1, 0.15) is 25.7 Å². The van der Waals surface area contributed by atoms with Crippen molar-refractivity contribution in [1.82, 2.24) is 24.9 Å². The smallest absolute Gasteiger partial charge is 0.223 e. The van der Waals surface area contributed by atoms with Crippen LogP contribution in [0.15, 0.2) is 53.4 Å². The van der Waals surface area contributed by atoms with Gasteiger partial charge in [-0.25, -0.2) is 9.97 Å². The summed E-state index contributed by atoms with van der Waals surface area (Å²) in [5, 5.41) is 8.14. The van der Waals surface area contributed by atoms with Crippen molar-refractivity contribution in [2.24, 2.45) is 0 Å². The molecule has 9 heteroatoms. The number of anilines is 1. The molecule has 1 unspecified atom stereocenters. The van der Waals surface area contributed by atoms with Gasteiger partial charge in [-0.2, -0.15) is 4.52 Å². The first-order valence-electron chi connectivity index (χ1n) is 10.1. The van der Waals surface area contributed by atoms with Gasteiger partial charge in [-0.15, -0.1) is 5.10 Å². The van der Waals surface area contributed by atoms with Gasteiger partial charge in [0.1, 0.15) is 0 Å². The molecule has 0 spiro atoms. The van der Waals surface area contributed by atoms with E-state index in [9.17, 15) is 9.00 Å². The van der Waals surface area contributed by atoms with Crippen LogP contribution in [0.3, 0.4) is 0 Å². The van der Waals surface area contributed by atoms with Crippen LogP contribution < -0.4 is 11.1 Å². The summed E-state index contributed by atoms with van der Waals surface area (Å²) in [5.74, 6) is 1.04. The summed E-state index contributed by atoms with van der Waals surface area (Å²) in [4.78, 5) is 20.3. The molecule has 0 saturated carbocycles. The number of nitrogens with zero attached hydrogens (tertiary/aromatic N) is 4. The number of amides is 1. The van der Waals surface area contributed by atoms with E-state index in [1.54, 1.807) is 6.26 Å². The molecule has 2 aromatic heterocycles. The van der Waals surface area contributed by atoms with Gasteiger partial charge >= 0.3 is 0 Å². The van der Waals surface area contributed by atoms with Crippen molar-refractivity contribution in [3.8, 4) is 11.4 Å². The van der Waals surface area contributed by atoms with Crippen LogP contribution in [-0.4, -0.2) is 42.5 Å². The van der Waals surface area contributed by atoms with Crippen molar-refractivity contribution in [2.45, 2.75) is 30.6 Å². The molecular formula is C22H24N6O2S. The van der Waals surface area contributed by atoms with E-state index in [2.05, 4.69) is 20.4 Å². The minimum Gasteiger partial charge on any atom is -0.368 e. The number of nitrogens with two attached hydrogens (primary N) is 1. The molecule has 3 N–H and O–H groups in total. The molecule has 1 amide bonds. The molecule has 8 nitrogen and oxygen atoms in total. The van der Waals surface area contributed by atoms with E-state index in [1.165, 1.54) is 10.9 Å². The summed E-state index contributed by atoms with van der Waals surface area (Å²) >= 11 is 0. The third kappa shape index (κ3) is 4.72. The maximum Gasteiger partial charge on any atom is 0.223 e. The molecule has 0 bridgehead atoms. The Kier molecular flexibility index (Phi) is 6.22. The van der Waals surface area contributed by atoms with Crippen LogP contribution in [0, 0.1) is 0 Å². The lowest BCUT2D eigenvalue weighted by Gasteiger charge is -2.00. The van der Waals surface area contributed by atoms with Gasteiger partial charge in [0, 0.05) is 45.9 Å². The first-order valence-corrected chi connectivity index (χ1v) is 11.7. The number of aromatic nitrogens is 4. The van der Waals surface area contributed by atoms with Gasteiger partial charge in [0.2, 0.25) is 11.9 Å². The van der Waals surface area contributed by atoms with Crippen LogP contribution >= 0.6 is 0 Å². The van der Waals surface area contributed by atoms with Crippen molar-refractivity contribution in [2.75, 3.05) is 18.5 Å². The van der Waals surface area contributed by atoms with Crippen LogP contribution in [0.5, 0.6) is 0 Å². The van der Waals surface area contributed by atoms with Gasteiger partial charge in [-0.05, 0) is 37.1 Å². The van der Waals surface area contributed by atoms with Gasteiger partial charge in [0.05, 0.1) is 5.52 Å². The molecule has 1 aliphatic heterocycles. The molecule has 5 rings (SSSR count). The van der Waals surface area contributed by atoms with Crippen LogP contribution in [0.4, 0.5) is 5.95 Å². The molecule has 1 saturated heterocycles. The lowest BCUT2D eigenvalue weighted by atomic mass is 10.2. The highest BCUT2D eigenvalue weighted by Gasteiger charge is 2.13. The Morgan fingerprint density at radius 1 is 1.06 bits per heavy atom. The first-order chi connectivity index (χ1) is 15.0. The summed E-state index contributed by atoms with van der Waals surface area (Å²) in [5.41, 5.74) is 8.22. The van der Waals surface area contributed by atoms with E-state index in [-0.39, 0.29) is 11.9 Å². The van der Waals surface area contributed by atoms with E-state index in [4.69, 9.17) is 5.73 Å². The number of carbonyl (C=O) groups excluding carboxylic acids is 1. The molecule has 4 aromatic rings. The summed E-state index contributed by atoms with van der Waals surface area (Å²) in [6, 6.07) is 15.0. The fourth-order valence-corrected chi connectivity index (χ4v) is 3.98. The Labute approximate surface area is 182 Å². The Bertz CT molecular complexity index is 1260. The van der Waals surface area contributed by atoms with Crippen LogP contribution in [-0.2, 0) is 15.6 Å². The predicted molar refractivity (Wildman–Crippen MR) is 122 cm³/mol. The van der Waals surface area contributed by atoms with Gasteiger partial charge in [0.15, 0.2) is 11.5 Å². The molecule has 2 aromatic carbocycles. The number of para-hydroxylation sites is 1. The largest absolute Gasteiger partial charge is 0.368 e. The normalized spacial score (nSPS) is 15.1. The number of hydrogen-bond acceptors (Lipinski definition) is 6. The van der Waals surface area contributed by atoms with Gasteiger partial charge in [-0.3, -0.25) is 9.00 Å². The maximum absolute atomic E-state index is 11.7. The Balaban J connectivity index is 0.000000245. The highest BCUT2D eigenvalue weighted by molar-refractivity contribution is 7.84. The summed E-state index contributed by atoms with van der Waals surface area (Å²) in [7, 11) is -1.06. The lowest BCUT2D eigenvalue weighted by molar-refractivity contribution is -0.120. The second kappa shape index (κ2) is 9.22. The third-order valence-corrected chi connectivity index (χ3v) is 5.95. The molecule has 31 heavy (non-hydrogen) atoms. The first kappa shape index (κ1) is 20.9. The zero-order valence-corrected chi connectivity index (χ0v) is 18.1. The summed E-state index contributed by atoms with van der Waals surface area (Å²) in [6.45, 7) is 0.888. The van der Waals surface area contributed by atoms with E-state index in [1.807, 2.05) is 48.5 Å². The second-order valence-corrected chi connectivity index (χ2v) is 8.68. The molecule has 1 aliphatic rings. The highest BCUT2D eigenvalue weighted by atomic mass is 32.2. The second-order valence-electron chi connectivity index (χ2n) is 7.30. The van der Waals surface area contributed by atoms with Gasteiger partial charge in [0.25, 0.3) is 0 Å². The summed E-state index contributed by atoms with van der Waals surface area (Å²) in [6.07, 6.45) is 5.82. The van der Waals surface area contributed by atoms with Crippen molar-refractivity contribution >= 4 is 39.2 Å². The van der Waals surface area contributed by atoms with Crippen molar-refractivity contribution < 1.29 is 9.00 Å². The van der Waals surface area contributed by atoms with Crippen molar-refractivity contribution in [1.29, 1.82) is 0 Å².